The van der Waals surface area contributed by atoms with Crippen LogP contribution in [0, 0.1) is 23.7 Å². The Hall–Kier alpha value is -9.14. The van der Waals surface area contributed by atoms with Crippen molar-refractivity contribution in [1.82, 2.24) is 89.9 Å². The van der Waals surface area contributed by atoms with Crippen molar-refractivity contribution in [3.8, 4) is 0 Å². The number of ketones is 1. The van der Waals surface area contributed by atoms with Crippen LogP contribution < -0.4 is 32.9 Å². The molecule has 0 spiro atoms. The van der Waals surface area contributed by atoms with Gasteiger partial charge >= 0.3 is 17.8 Å². The van der Waals surface area contributed by atoms with E-state index in [4.69, 9.17) is 131 Å². The predicted molar refractivity (Wildman–Crippen MR) is 580 cm³/mol. The summed E-state index contributed by atoms with van der Waals surface area (Å²) in [4.78, 5) is 143. The number of piperazine rings is 1. The second-order valence-electron chi connectivity index (χ2n) is 35.5. The number of nitrogens with two attached hydrogens (primary N) is 1. The number of Topliss-reactive ketones (excluding diaryl/α,β-unsaturated/α-hetero) is 1. The van der Waals surface area contributed by atoms with Gasteiger partial charge in [0.2, 0.25) is 38.2 Å². The van der Waals surface area contributed by atoms with Crippen LogP contribution in [0.1, 0.15) is 180 Å². The summed E-state index contributed by atoms with van der Waals surface area (Å²) in [7, 11) is 0. The molecule has 10 aromatic rings. The molecule has 43 heteroatoms. The van der Waals surface area contributed by atoms with E-state index in [0.29, 0.717) is 123 Å². The molecule has 785 valence electrons. The molecule has 5 aromatic heterocycles. The highest BCUT2D eigenvalue weighted by molar-refractivity contribution is 6.64. The number of halogens is 12. The molecule has 3 radical (unpaired) electrons. The lowest BCUT2D eigenvalue weighted by atomic mass is 9.96. The van der Waals surface area contributed by atoms with Crippen LogP contribution in [0.5, 0.6) is 0 Å². The Morgan fingerprint density at radius 2 is 0.897 bits per heavy atom. The smallest absolute Gasteiger partial charge is 0.410 e. The van der Waals surface area contributed by atoms with Crippen LogP contribution in [0.4, 0.5) is 15.3 Å². The first-order valence-electron chi connectivity index (χ1n) is 46.4. The lowest BCUT2D eigenvalue weighted by molar-refractivity contribution is -0.154. The molecule has 5 fully saturated rings. The standard InChI is InChI=1S/C18H18Cl2N4O.C15H19NO3.C14H13Cl2N3.C14H15N3O2.C11H11Cl2N3O.C9H18N2O2.C7H7Cl2N3.C7H8ClN.C4H5ClO.3CH4.B.ClH.FH.H2/c19-13-3-1-2-11(8-13)9-21-16-14-10-24(17(25)12-4-5-12)7-6-15(14)22-18(20)23-16;1-2-19-15(18)13-11-16(9-8-14(13)17)10-12-6-4-3-5-7-12;15-13-11-9-19(8-10-4-2-1-3-5-10)7-6-12(11)17-14(16)18-13;18-13-11-9-17(8-10-4-2-1-3-5-10)7-6-12(11)15-14(19)16-13;12-9-7-5-16(10(17)6-1-2-6)4-3-8(7)14-11(13)15-9;1-9(2,3)13-8(12)11-6-4-10-5-7-11;8-6-4-3-10-2-1-5(4)11-7(9)12-6;8-7-3-1-2-6(4-7)5-9;5-4(6)3-1-2-3;;;;;;;/h1-3,8,12H,4-7,9-10H2,(H,21,22,23);3-7,13H,2,8-11H2,1H3;1-5H,6-9H2;1-5H,6-9H2,(H2,15,16,18,19);6H,1-5H2;10H,4-7H2,1-3H3;10H,1-3H2;1-4H,5,9H2;3H,1-2H2;3*1H4;;3*1H/i;;;;;;;;;;;;;;;1+1. The van der Waals surface area contributed by atoms with Crippen LogP contribution in [0.3, 0.4) is 0 Å². The number of ether oxygens (including phenoxy) is 2. The molecule has 1 unspecified atom stereocenters. The minimum atomic E-state index is -0.614. The number of aromatic nitrogens is 10. The van der Waals surface area contributed by atoms with Crippen molar-refractivity contribution in [2.24, 2.45) is 29.4 Å². The molecule has 3 aliphatic carbocycles. The van der Waals surface area contributed by atoms with Crippen LogP contribution >= 0.6 is 128 Å². The molecule has 12 heterocycles. The zero-order chi connectivity index (χ0) is 99.2. The number of nitrogens with one attached hydrogen (secondary N) is 5. The Kier molecular flexibility index (Phi) is 53.0. The average Bonchev–Trinajstić information content (AvgIpc) is 1.64. The van der Waals surface area contributed by atoms with E-state index in [1.54, 1.807) is 11.8 Å². The number of rotatable bonds is 15. The molecule has 145 heavy (non-hydrogen) atoms. The number of anilines is 1. The number of fused-ring (bicyclic) bond motifs is 5. The fraction of sp³-hybridized carbons (Fsp3) is 0.451. The van der Waals surface area contributed by atoms with Crippen LogP contribution in [-0.4, -0.2) is 207 Å². The highest BCUT2D eigenvalue weighted by Gasteiger charge is 2.39. The zero-order valence-corrected chi connectivity index (χ0v) is 87.6. The third-order valence-corrected chi connectivity index (χ3v) is 26.0. The summed E-state index contributed by atoms with van der Waals surface area (Å²) in [6.45, 7) is 23.0. The van der Waals surface area contributed by atoms with Crippen LogP contribution in [0.2, 0.25) is 46.6 Å². The number of nitrogens with zero attached hydrogens (tertiary/aromatic N) is 14. The van der Waals surface area contributed by atoms with Crippen molar-refractivity contribution in [2.75, 3.05) is 83.9 Å². The van der Waals surface area contributed by atoms with Gasteiger partial charge in [-0.2, -0.15) is 0 Å². The average molecular weight is 2220 g/mol. The van der Waals surface area contributed by atoms with E-state index in [2.05, 4.69) is 129 Å². The van der Waals surface area contributed by atoms with E-state index in [9.17, 15) is 38.4 Å². The normalized spacial score (nSPS) is 16.1. The highest BCUT2D eigenvalue weighted by Crippen LogP contribution is 2.37. The van der Waals surface area contributed by atoms with E-state index < -0.39 is 11.6 Å². The van der Waals surface area contributed by atoms with Gasteiger partial charge in [-0.25, -0.2) is 49.5 Å². The summed E-state index contributed by atoms with van der Waals surface area (Å²) in [5, 5.41) is 13.2. The monoisotopic (exact) mass is 2210 g/mol. The number of hydrogen-bond donors (Lipinski definition) is 6. The number of amides is 3. The van der Waals surface area contributed by atoms with E-state index in [1.807, 2.05) is 122 Å². The molecule has 0 bridgehead atoms. The number of esters is 1. The molecule has 3 amide bonds. The Morgan fingerprint density at radius 1 is 0.469 bits per heavy atom. The molecular formula is C102H130BCl11FN20O10. The zero-order valence-electron chi connectivity index (χ0n) is 79.2. The molecule has 1 atom stereocenters. The maximum absolute atomic E-state index is 12.4. The number of aromatic amines is 2. The van der Waals surface area contributed by atoms with E-state index in [0.717, 1.165) is 197 Å². The topological polar surface area (TPSA) is 371 Å². The SMILES string of the molecule is C.C.C.CC(C)(C)OC(=O)N1CCNCC1.CCOC(=O)C1CN(Cc2ccccc2)CCC1=O.Cl.Clc1nc(Cl)c2c(n1)CCN(Cc1ccccc1)C2.Clc1nc(Cl)c2c(n1)CCNC2.F.NCc1cccc(Cl)c1.O=C(C1CC1)N1CCc2nc(Cl)nc(Cl)c2C1.O=C(C1CC1)N1CCc2nc(Cl)nc(NCc3cccc(Cl)c3)c2C1.O=C(Cl)C1CC1.O=c1[nH]c2c(c(=O)[nH]1)CN(Cc1ccccc1)CC2.[2HH].[B]. The first-order chi connectivity index (χ1) is 66.8. The van der Waals surface area contributed by atoms with Gasteiger partial charge in [-0.1, -0.05) is 196 Å². The van der Waals surface area contributed by atoms with Crippen molar-refractivity contribution >= 4 is 178 Å². The summed E-state index contributed by atoms with van der Waals surface area (Å²) in [5.74, 6) is 0.879. The predicted octanol–water partition coefficient (Wildman–Crippen LogP) is 18.9. The molecule has 20 rings (SSSR count). The van der Waals surface area contributed by atoms with Crippen molar-refractivity contribution in [3.05, 3.63) is 291 Å². The third kappa shape index (κ3) is 40.4. The molecule has 2 saturated heterocycles. The minimum Gasteiger partial charge on any atom is -0.465 e. The molecule has 10 aliphatic rings. The Labute approximate surface area is 907 Å². The molecule has 7 aliphatic heterocycles. The Balaban J connectivity index is 0.000000293. The molecular weight excluding hydrogens is 2090 g/mol. The van der Waals surface area contributed by atoms with Gasteiger partial charge in [0.05, 0.1) is 48.0 Å². The molecule has 5 aromatic carbocycles. The largest absolute Gasteiger partial charge is 0.465 e. The number of carbonyl (C=O) groups is 6. The van der Waals surface area contributed by atoms with E-state index in [-0.39, 0.29) is 134 Å². The van der Waals surface area contributed by atoms with Gasteiger partial charge in [-0.05, 0) is 176 Å². The molecule has 30 nitrogen and oxygen atoms in total. The lowest BCUT2D eigenvalue weighted by Gasteiger charge is -2.30. The molecule has 3 saturated carbocycles. The number of piperidine rings is 1. The second kappa shape index (κ2) is 61.7. The van der Waals surface area contributed by atoms with Gasteiger partial charge in [0.1, 0.15) is 38.6 Å². The van der Waals surface area contributed by atoms with Gasteiger partial charge in [0.15, 0.2) is 0 Å². The first-order valence-corrected chi connectivity index (χ1v) is 50.2. The lowest BCUT2D eigenvalue weighted by Crippen LogP contribution is -2.48. The van der Waals surface area contributed by atoms with E-state index >= 15 is 0 Å². The van der Waals surface area contributed by atoms with Crippen LogP contribution in [0.25, 0.3) is 0 Å². The van der Waals surface area contributed by atoms with Crippen molar-refractivity contribution in [3.63, 3.8) is 0 Å². The highest BCUT2D eigenvalue weighted by atomic mass is 35.5. The van der Waals surface area contributed by atoms with Gasteiger partial charge in [0.25, 0.3) is 5.56 Å². The van der Waals surface area contributed by atoms with Gasteiger partial charge in [-0.3, -0.25) is 53.2 Å². The Morgan fingerprint density at radius 3 is 1.37 bits per heavy atom. The molecule has 7 N–H and O–H groups in total. The summed E-state index contributed by atoms with van der Waals surface area (Å²) >= 11 is 58.1. The maximum Gasteiger partial charge on any atom is 0.410 e. The van der Waals surface area contributed by atoms with Gasteiger partial charge < -0.3 is 50.8 Å². The summed E-state index contributed by atoms with van der Waals surface area (Å²) in [5.41, 5.74) is 19.1. The number of hydrogen-bond acceptors (Lipinski definition) is 25. The third-order valence-electron chi connectivity index (χ3n) is 23.6. The first kappa shape index (κ1) is 125. The fourth-order valence-electron chi connectivity index (χ4n) is 15.9. The summed E-state index contributed by atoms with van der Waals surface area (Å²) in [6.07, 6.45) is 10.2. The minimum absolute atomic E-state index is 0. The fourth-order valence-corrected chi connectivity index (χ4v) is 18.2. The van der Waals surface area contributed by atoms with Crippen molar-refractivity contribution < 1.29 is 44.4 Å². The maximum atomic E-state index is 12.4. The number of benzene rings is 5. The second-order valence-corrected chi connectivity index (χ2v) is 39.2. The number of H-pyrrole nitrogens is 2. The quantitative estimate of drug-likeness (QED) is 0.0139. The van der Waals surface area contributed by atoms with E-state index in [1.165, 1.54) is 16.7 Å². The van der Waals surface area contributed by atoms with Crippen LogP contribution in [0.15, 0.2) is 149 Å². The number of carbonyl (C=O) groups excluding carboxylic acids is 6. The van der Waals surface area contributed by atoms with Crippen molar-refractivity contribution in [2.45, 2.75) is 198 Å². The Bertz CT molecular complexity index is 5990. The van der Waals surface area contributed by atoms with Gasteiger partial charge in [0, 0.05) is 228 Å². The summed E-state index contributed by atoms with van der Waals surface area (Å²) in [6, 6.07) is 45.9. The van der Waals surface area contributed by atoms with Crippen molar-refractivity contribution in [1.29, 1.82) is 0 Å². The van der Waals surface area contributed by atoms with Gasteiger partial charge in [-0.15, -0.1) is 12.4 Å². The van der Waals surface area contributed by atoms with Crippen LogP contribution in [-0.2, 0) is 131 Å². The number of likely N-dealkylation sites (tertiary alicyclic amines) is 1. The summed E-state index contributed by atoms with van der Waals surface area (Å²) < 4.78 is 10.2.